The zero-order chi connectivity index (χ0) is 13.4. The normalized spacial score (nSPS) is 10.8. The minimum atomic E-state index is -1.14. The highest BCUT2D eigenvalue weighted by atomic mass is 16.5. The van der Waals surface area contributed by atoms with E-state index >= 15 is 0 Å². The van der Waals surface area contributed by atoms with E-state index in [0.717, 1.165) is 16.5 Å². The van der Waals surface area contributed by atoms with E-state index in [1.54, 1.807) is 6.92 Å². The third-order valence-electron chi connectivity index (χ3n) is 2.91. The molecule has 6 nitrogen and oxygen atoms in total. The standard InChI is InChI=1S/C13H11N3O3/c1-7-11(15-13(17)18)12(19-16-7)9-2-3-10-8(6-9)4-5-14-10/h2-6,14-15H,1H3,(H,17,18). The first-order valence-corrected chi connectivity index (χ1v) is 5.69. The largest absolute Gasteiger partial charge is 0.465 e. The van der Waals surface area contributed by atoms with E-state index in [-0.39, 0.29) is 0 Å². The number of rotatable bonds is 2. The van der Waals surface area contributed by atoms with E-state index in [0.29, 0.717) is 17.1 Å². The molecule has 3 rings (SSSR count). The van der Waals surface area contributed by atoms with E-state index in [4.69, 9.17) is 9.63 Å². The van der Waals surface area contributed by atoms with Crippen LogP contribution in [0.4, 0.5) is 10.5 Å². The van der Waals surface area contributed by atoms with Gasteiger partial charge in [-0.2, -0.15) is 0 Å². The molecule has 0 saturated carbocycles. The van der Waals surface area contributed by atoms with Crippen molar-refractivity contribution in [1.82, 2.24) is 10.1 Å². The Labute approximate surface area is 108 Å². The second kappa shape index (κ2) is 4.16. The molecule has 96 valence electrons. The summed E-state index contributed by atoms with van der Waals surface area (Å²) in [6, 6.07) is 7.62. The average molecular weight is 257 g/mol. The summed E-state index contributed by atoms with van der Waals surface area (Å²) in [4.78, 5) is 13.9. The zero-order valence-electron chi connectivity index (χ0n) is 10.1. The molecule has 0 unspecified atom stereocenters. The summed E-state index contributed by atoms with van der Waals surface area (Å²) in [7, 11) is 0. The Morgan fingerprint density at radius 2 is 2.26 bits per heavy atom. The third-order valence-corrected chi connectivity index (χ3v) is 2.91. The van der Waals surface area contributed by atoms with Crippen LogP contribution in [0.15, 0.2) is 35.0 Å². The van der Waals surface area contributed by atoms with Crippen LogP contribution < -0.4 is 5.32 Å². The Bertz CT molecular complexity index is 757. The van der Waals surface area contributed by atoms with Crippen molar-refractivity contribution in [3.63, 3.8) is 0 Å². The predicted molar refractivity (Wildman–Crippen MR) is 70.2 cm³/mol. The van der Waals surface area contributed by atoms with Gasteiger partial charge in [0.25, 0.3) is 0 Å². The van der Waals surface area contributed by atoms with Crippen molar-refractivity contribution in [2.24, 2.45) is 0 Å². The van der Waals surface area contributed by atoms with Gasteiger partial charge in [-0.3, -0.25) is 5.32 Å². The van der Waals surface area contributed by atoms with Gasteiger partial charge in [0, 0.05) is 22.7 Å². The number of fused-ring (bicyclic) bond motifs is 1. The summed E-state index contributed by atoms with van der Waals surface area (Å²) in [6.07, 6.45) is 0.700. The zero-order valence-corrected chi connectivity index (χ0v) is 10.1. The molecule has 0 spiro atoms. The number of carbonyl (C=O) groups is 1. The van der Waals surface area contributed by atoms with Crippen LogP contribution in [0.1, 0.15) is 5.69 Å². The molecule has 0 aliphatic rings. The number of H-pyrrole nitrogens is 1. The molecule has 0 bridgehead atoms. The maximum Gasteiger partial charge on any atom is 0.409 e. The number of benzene rings is 1. The molecule has 1 amide bonds. The van der Waals surface area contributed by atoms with Gasteiger partial charge >= 0.3 is 6.09 Å². The number of amides is 1. The van der Waals surface area contributed by atoms with Crippen molar-refractivity contribution < 1.29 is 14.4 Å². The Kier molecular flexibility index (Phi) is 2.49. The van der Waals surface area contributed by atoms with Crippen LogP contribution in [0, 0.1) is 6.92 Å². The molecule has 2 heterocycles. The average Bonchev–Trinajstić information content (AvgIpc) is 2.96. The van der Waals surface area contributed by atoms with Gasteiger partial charge in [0.2, 0.25) is 0 Å². The van der Waals surface area contributed by atoms with Crippen LogP contribution in [-0.2, 0) is 0 Å². The van der Waals surface area contributed by atoms with E-state index in [1.807, 2.05) is 30.5 Å². The van der Waals surface area contributed by atoms with Crippen molar-refractivity contribution in [3.8, 4) is 11.3 Å². The van der Waals surface area contributed by atoms with Gasteiger partial charge in [-0.15, -0.1) is 0 Å². The Morgan fingerprint density at radius 1 is 1.42 bits per heavy atom. The number of aromatic nitrogens is 2. The SMILES string of the molecule is Cc1noc(-c2ccc3[nH]ccc3c2)c1NC(=O)O. The molecule has 1 aromatic carbocycles. The van der Waals surface area contributed by atoms with E-state index in [9.17, 15) is 4.79 Å². The quantitative estimate of drug-likeness (QED) is 0.657. The molecule has 0 saturated heterocycles. The lowest BCUT2D eigenvalue weighted by atomic mass is 10.1. The van der Waals surface area contributed by atoms with Gasteiger partial charge in [0.1, 0.15) is 11.4 Å². The Morgan fingerprint density at radius 3 is 3.05 bits per heavy atom. The summed E-state index contributed by atoms with van der Waals surface area (Å²) in [6.45, 7) is 1.69. The van der Waals surface area contributed by atoms with Crippen LogP contribution in [0.2, 0.25) is 0 Å². The highest BCUT2D eigenvalue weighted by Gasteiger charge is 2.17. The maximum atomic E-state index is 10.8. The molecule has 3 aromatic rings. The first-order valence-electron chi connectivity index (χ1n) is 5.69. The Balaban J connectivity index is 2.12. The lowest BCUT2D eigenvalue weighted by Gasteiger charge is -2.02. The van der Waals surface area contributed by atoms with Crippen LogP contribution >= 0.6 is 0 Å². The second-order valence-electron chi connectivity index (χ2n) is 4.18. The van der Waals surface area contributed by atoms with Gasteiger partial charge in [-0.1, -0.05) is 5.16 Å². The van der Waals surface area contributed by atoms with E-state index in [1.165, 1.54) is 0 Å². The highest BCUT2D eigenvalue weighted by Crippen LogP contribution is 2.32. The molecule has 6 heteroatoms. The summed E-state index contributed by atoms with van der Waals surface area (Å²) in [5.41, 5.74) is 2.66. The van der Waals surface area contributed by atoms with Gasteiger partial charge in [-0.05, 0) is 31.2 Å². The van der Waals surface area contributed by atoms with Crippen molar-refractivity contribution in [1.29, 1.82) is 0 Å². The van der Waals surface area contributed by atoms with Crippen molar-refractivity contribution >= 4 is 22.7 Å². The fraction of sp³-hybridized carbons (Fsp3) is 0.0769. The molecule has 0 atom stereocenters. The topological polar surface area (TPSA) is 91.2 Å². The van der Waals surface area contributed by atoms with Crippen LogP contribution in [-0.4, -0.2) is 21.3 Å². The summed E-state index contributed by atoms with van der Waals surface area (Å²) < 4.78 is 5.22. The lowest BCUT2D eigenvalue weighted by molar-refractivity contribution is 0.209. The van der Waals surface area contributed by atoms with Gasteiger partial charge in [0.05, 0.1) is 0 Å². The molecule has 0 radical (unpaired) electrons. The fourth-order valence-corrected chi connectivity index (χ4v) is 2.02. The highest BCUT2D eigenvalue weighted by molar-refractivity contribution is 5.92. The molecule has 3 N–H and O–H groups in total. The van der Waals surface area contributed by atoms with E-state index < -0.39 is 6.09 Å². The minimum Gasteiger partial charge on any atom is -0.465 e. The van der Waals surface area contributed by atoms with Crippen LogP contribution in [0.3, 0.4) is 0 Å². The van der Waals surface area contributed by atoms with E-state index in [2.05, 4.69) is 15.5 Å². The number of nitrogens with one attached hydrogen (secondary N) is 2. The first-order chi connectivity index (χ1) is 9.15. The number of aryl methyl sites for hydroxylation is 1. The molecule has 19 heavy (non-hydrogen) atoms. The van der Waals surface area contributed by atoms with Crippen molar-refractivity contribution in [2.75, 3.05) is 5.32 Å². The maximum absolute atomic E-state index is 10.8. The van der Waals surface area contributed by atoms with Crippen molar-refractivity contribution in [2.45, 2.75) is 6.92 Å². The van der Waals surface area contributed by atoms with Gasteiger partial charge < -0.3 is 14.6 Å². The Hall–Kier alpha value is -2.76. The molecule has 0 aliphatic carbocycles. The van der Waals surface area contributed by atoms with Gasteiger partial charge in [0.15, 0.2) is 5.76 Å². The first kappa shape index (κ1) is 11.3. The third kappa shape index (κ3) is 1.93. The number of aromatic amines is 1. The summed E-state index contributed by atoms with van der Waals surface area (Å²) in [5.74, 6) is 0.419. The predicted octanol–water partition coefficient (Wildman–Crippen LogP) is 3.22. The molecule has 2 aromatic heterocycles. The molecular formula is C13H11N3O3. The number of anilines is 1. The summed E-state index contributed by atoms with van der Waals surface area (Å²) in [5, 5.41) is 16.0. The number of nitrogens with zero attached hydrogens (tertiary/aromatic N) is 1. The van der Waals surface area contributed by atoms with Gasteiger partial charge in [-0.25, -0.2) is 4.79 Å². The molecule has 0 aliphatic heterocycles. The smallest absolute Gasteiger partial charge is 0.409 e. The van der Waals surface area contributed by atoms with Crippen molar-refractivity contribution in [3.05, 3.63) is 36.2 Å². The second-order valence-corrected chi connectivity index (χ2v) is 4.18. The van der Waals surface area contributed by atoms with Crippen LogP contribution in [0.5, 0.6) is 0 Å². The molecular weight excluding hydrogens is 246 g/mol. The number of hydrogen-bond acceptors (Lipinski definition) is 3. The minimum absolute atomic E-state index is 0.377. The monoisotopic (exact) mass is 257 g/mol. The fourth-order valence-electron chi connectivity index (χ4n) is 2.02. The number of carboxylic acid groups (broad SMARTS) is 1. The lowest BCUT2D eigenvalue weighted by Crippen LogP contribution is -2.08. The molecule has 0 fully saturated rings. The van der Waals surface area contributed by atoms with Crippen LogP contribution in [0.25, 0.3) is 22.2 Å². The summed E-state index contributed by atoms with van der Waals surface area (Å²) >= 11 is 0. The number of hydrogen-bond donors (Lipinski definition) is 3.